The van der Waals surface area contributed by atoms with Crippen LogP contribution in [-0.4, -0.2) is 0 Å². The maximum atomic E-state index is 4.60. The number of thiol groups is 1. The first-order chi connectivity index (χ1) is 8.16. The van der Waals surface area contributed by atoms with Gasteiger partial charge in [-0.25, -0.2) is 0 Å². The lowest BCUT2D eigenvalue weighted by Crippen LogP contribution is -2.05. The van der Waals surface area contributed by atoms with E-state index in [1.54, 1.807) is 11.1 Å². The highest BCUT2D eigenvalue weighted by Crippen LogP contribution is 2.33. The molecule has 98 valence electrons. The zero-order chi connectivity index (χ0) is 12.7. The van der Waals surface area contributed by atoms with Gasteiger partial charge in [-0.05, 0) is 56.3 Å². The molecular weight excluding hydrogens is 224 g/mol. The molecule has 0 aromatic carbocycles. The SMILES string of the molecule is CCCC/C(=C(/C)S)C(C)C1=CCCCCC1. The maximum Gasteiger partial charge on any atom is -0.00107 e. The molecule has 0 N–H and O–H groups in total. The third-order valence-corrected chi connectivity index (χ3v) is 4.21. The van der Waals surface area contributed by atoms with Gasteiger partial charge in [-0.2, -0.15) is 0 Å². The van der Waals surface area contributed by atoms with Crippen molar-refractivity contribution in [3.63, 3.8) is 0 Å². The average Bonchev–Trinajstić information content (AvgIpc) is 2.57. The van der Waals surface area contributed by atoms with Crippen LogP contribution in [0.4, 0.5) is 0 Å². The molecule has 0 aliphatic heterocycles. The Labute approximate surface area is 113 Å². The fourth-order valence-corrected chi connectivity index (χ4v) is 3.04. The summed E-state index contributed by atoms with van der Waals surface area (Å²) in [5, 5.41) is 0. The van der Waals surface area contributed by atoms with Gasteiger partial charge in [0.2, 0.25) is 0 Å². The Morgan fingerprint density at radius 3 is 2.76 bits per heavy atom. The molecule has 0 saturated carbocycles. The molecule has 1 aliphatic carbocycles. The van der Waals surface area contributed by atoms with Gasteiger partial charge in [0.25, 0.3) is 0 Å². The van der Waals surface area contributed by atoms with Crippen LogP contribution in [0.5, 0.6) is 0 Å². The summed E-state index contributed by atoms with van der Waals surface area (Å²) in [5.74, 6) is 0.622. The lowest BCUT2D eigenvalue weighted by molar-refractivity contribution is 0.644. The van der Waals surface area contributed by atoms with E-state index >= 15 is 0 Å². The topological polar surface area (TPSA) is 0 Å². The summed E-state index contributed by atoms with van der Waals surface area (Å²) in [7, 11) is 0. The highest BCUT2D eigenvalue weighted by molar-refractivity contribution is 7.84. The molecule has 0 fully saturated rings. The van der Waals surface area contributed by atoms with Crippen LogP contribution in [0.3, 0.4) is 0 Å². The molecule has 1 aliphatic rings. The molecule has 1 atom stereocenters. The van der Waals surface area contributed by atoms with Gasteiger partial charge in [0.05, 0.1) is 0 Å². The highest BCUT2D eigenvalue weighted by atomic mass is 32.1. The molecule has 0 heterocycles. The molecule has 0 bridgehead atoms. The molecule has 0 spiro atoms. The Balaban J connectivity index is 2.73. The lowest BCUT2D eigenvalue weighted by atomic mass is 9.87. The van der Waals surface area contributed by atoms with E-state index in [1.165, 1.54) is 56.3 Å². The molecule has 1 unspecified atom stereocenters. The zero-order valence-corrected chi connectivity index (χ0v) is 12.7. The predicted molar refractivity (Wildman–Crippen MR) is 81.5 cm³/mol. The van der Waals surface area contributed by atoms with E-state index in [0.717, 1.165) is 0 Å². The molecule has 0 amide bonds. The van der Waals surface area contributed by atoms with Crippen LogP contribution in [0.15, 0.2) is 22.1 Å². The smallest absolute Gasteiger partial charge is 0.00107 e. The fraction of sp³-hybridized carbons (Fsp3) is 0.750. The third kappa shape index (κ3) is 4.91. The highest BCUT2D eigenvalue weighted by Gasteiger charge is 2.16. The maximum absolute atomic E-state index is 4.60. The standard InChI is InChI=1S/C16H28S/c1-4-5-12-16(14(3)17)13(2)15-10-8-6-7-9-11-15/h10,13,17H,4-9,11-12H2,1-3H3/b16-14+. The normalized spacial score (nSPS) is 20.4. The minimum atomic E-state index is 0.622. The molecule has 1 rings (SSSR count). The van der Waals surface area contributed by atoms with Crippen molar-refractivity contribution in [2.45, 2.75) is 72.1 Å². The molecule has 1 heteroatoms. The zero-order valence-electron chi connectivity index (χ0n) is 11.8. The quantitative estimate of drug-likeness (QED) is 0.456. The summed E-state index contributed by atoms with van der Waals surface area (Å²) in [6, 6.07) is 0. The number of rotatable bonds is 5. The van der Waals surface area contributed by atoms with Crippen LogP contribution < -0.4 is 0 Å². The monoisotopic (exact) mass is 252 g/mol. The minimum Gasteiger partial charge on any atom is -0.148 e. The third-order valence-electron chi connectivity index (χ3n) is 3.92. The van der Waals surface area contributed by atoms with Crippen LogP contribution in [0, 0.1) is 5.92 Å². The van der Waals surface area contributed by atoms with Crippen LogP contribution in [0.25, 0.3) is 0 Å². The first-order valence-corrected chi connectivity index (χ1v) is 7.69. The minimum absolute atomic E-state index is 0.622. The van der Waals surface area contributed by atoms with Gasteiger partial charge < -0.3 is 0 Å². The van der Waals surface area contributed by atoms with Gasteiger partial charge in [-0.3, -0.25) is 0 Å². The lowest BCUT2D eigenvalue weighted by Gasteiger charge is -2.21. The molecule has 0 aromatic rings. The first kappa shape index (κ1) is 14.9. The van der Waals surface area contributed by atoms with Crippen molar-refractivity contribution in [1.29, 1.82) is 0 Å². The predicted octanol–water partition coefficient (Wildman–Crippen LogP) is 5.91. The van der Waals surface area contributed by atoms with E-state index in [9.17, 15) is 0 Å². The van der Waals surface area contributed by atoms with Gasteiger partial charge in [0, 0.05) is 0 Å². The van der Waals surface area contributed by atoms with Gasteiger partial charge in [-0.1, -0.05) is 43.9 Å². The van der Waals surface area contributed by atoms with Crippen molar-refractivity contribution >= 4 is 12.6 Å². The van der Waals surface area contributed by atoms with Crippen molar-refractivity contribution in [3.05, 3.63) is 22.1 Å². The van der Waals surface area contributed by atoms with Crippen molar-refractivity contribution < 1.29 is 0 Å². The number of allylic oxidation sites excluding steroid dienone is 4. The second-order valence-corrected chi connectivity index (χ2v) is 5.99. The van der Waals surface area contributed by atoms with E-state index in [4.69, 9.17) is 0 Å². The summed E-state index contributed by atoms with van der Waals surface area (Å²) in [4.78, 5) is 1.25. The fourth-order valence-electron chi connectivity index (χ4n) is 2.73. The second kappa shape index (κ2) is 8.02. The van der Waals surface area contributed by atoms with Gasteiger partial charge in [0.1, 0.15) is 0 Å². The first-order valence-electron chi connectivity index (χ1n) is 7.24. The van der Waals surface area contributed by atoms with Crippen LogP contribution >= 0.6 is 12.6 Å². The Kier molecular flexibility index (Phi) is 7.03. The van der Waals surface area contributed by atoms with E-state index < -0.39 is 0 Å². The molecule has 17 heavy (non-hydrogen) atoms. The van der Waals surface area contributed by atoms with Crippen molar-refractivity contribution in [1.82, 2.24) is 0 Å². The van der Waals surface area contributed by atoms with Crippen LogP contribution in [0.1, 0.15) is 72.1 Å². The van der Waals surface area contributed by atoms with E-state index in [0.29, 0.717) is 5.92 Å². The van der Waals surface area contributed by atoms with Gasteiger partial charge in [0.15, 0.2) is 0 Å². The van der Waals surface area contributed by atoms with Crippen LogP contribution in [0.2, 0.25) is 0 Å². The number of unbranched alkanes of at least 4 members (excludes halogenated alkanes) is 1. The van der Waals surface area contributed by atoms with E-state index in [1.807, 2.05) is 0 Å². The Hall–Kier alpha value is -0.170. The molecule has 0 radical (unpaired) electrons. The van der Waals surface area contributed by atoms with E-state index in [2.05, 4.69) is 39.5 Å². The Morgan fingerprint density at radius 1 is 1.35 bits per heavy atom. The van der Waals surface area contributed by atoms with Crippen molar-refractivity contribution in [2.24, 2.45) is 5.92 Å². The Morgan fingerprint density at radius 2 is 2.12 bits per heavy atom. The summed E-state index contributed by atoms with van der Waals surface area (Å²) < 4.78 is 0. The average molecular weight is 252 g/mol. The van der Waals surface area contributed by atoms with Gasteiger partial charge >= 0.3 is 0 Å². The molecule has 0 saturated heterocycles. The molecule has 0 nitrogen and oxygen atoms in total. The van der Waals surface area contributed by atoms with Crippen molar-refractivity contribution in [2.75, 3.05) is 0 Å². The van der Waals surface area contributed by atoms with Crippen molar-refractivity contribution in [3.8, 4) is 0 Å². The summed E-state index contributed by atoms with van der Waals surface area (Å²) in [6.07, 6.45) is 13.0. The number of hydrogen-bond acceptors (Lipinski definition) is 1. The summed E-state index contributed by atoms with van der Waals surface area (Å²) >= 11 is 4.60. The summed E-state index contributed by atoms with van der Waals surface area (Å²) in [5.41, 5.74) is 3.24. The molecule has 0 aromatic heterocycles. The van der Waals surface area contributed by atoms with E-state index in [-0.39, 0.29) is 0 Å². The second-order valence-electron chi connectivity index (χ2n) is 5.31. The van der Waals surface area contributed by atoms with Gasteiger partial charge in [-0.15, -0.1) is 12.6 Å². The number of hydrogen-bond donors (Lipinski definition) is 1. The van der Waals surface area contributed by atoms with Crippen LogP contribution in [-0.2, 0) is 0 Å². The largest absolute Gasteiger partial charge is 0.148 e. The summed E-state index contributed by atoms with van der Waals surface area (Å²) in [6.45, 7) is 6.80. The Bertz CT molecular complexity index is 282. The molecular formula is C16H28S.